The average molecular weight is 272 g/mol. The van der Waals surface area contributed by atoms with E-state index in [2.05, 4.69) is 0 Å². The normalized spacial score (nSPS) is 10.1. The largest absolute Gasteiger partial charge is 0.480 e. The maximum atomic E-state index is 11.9. The van der Waals surface area contributed by atoms with Gasteiger partial charge in [-0.3, -0.25) is 14.4 Å². The standard InChI is InChI=1S/C13H24N2O4/c1-4-8-15(9-5-2)12(17)7-6-11(16)14(3)10-13(18)19/h4-10H2,1-3H3,(H,18,19). The summed E-state index contributed by atoms with van der Waals surface area (Å²) < 4.78 is 0. The summed E-state index contributed by atoms with van der Waals surface area (Å²) >= 11 is 0. The summed E-state index contributed by atoms with van der Waals surface area (Å²) in [5.74, 6) is -1.41. The maximum Gasteiger partial charge on any atom is 0.323 e. The second-order valence-corrected chi connectivity index (χ2v) is 4.52. The molecule has 0 aromatic carbocycles. The van der Waals surface area contributed by atoms with Crippen LogP contribution in [0.3, 0.4) is 0 Å². The lowest BCUT2D eigenvalue weighted by Crippen LogP contribution is -2.35. The van der Waals surface area contributed by atoms with Crippen molar-refractivity contribution in [2.75, 3.05) is 26.7 Å². The van der Waals surface area contributed by atoms with Gasteiger partial charge in [0, 0.05) is 33.0 Å². The third kappa shape index (κ3) is 7.43. The number of aliphatic carboxylic acids is 1. The van der Waals surface area contributed by atoms with Crippen molar-refractivity contribution in [3.05, 3.63) is 0 Å². The van der Waals surface area contributed by atoms with Gasteiger partial charge in [-0.1, -0.05) is 13.8 Å². The predicted octanol–water partition coefficient (Wildman–Crippen LogP) is 0.958. The molecule has 0 aromatic rings. The van der Waals surface area contributed by atoms with Crippen molar-refractivity contribution in [2.45, 2.75) is 39.5 Å². The van der Waals surface area contributed by atoms with Gasteiger partial charge in [-0.2, -0.15) is 0 Å². The Bertz CT molecular complexity index is 312. The fourth-order valence-corrected chi connectivity index (χ4v) is 1.75. The van der Waals surface area contributed by atoms with E-state index in [9.17, 15) is 14.4 Å². The minimum Gasteiger partial charge on any atom is -0.480 e. The number of likely N-dealkylation sites (N-methyl/N-ethyl adjacent to an activating group) is 1. The first-order valence-electron chi connectivity index (χ1n) is 6.65. The zero-order valence-corrected chi connectivity index (χ0v) is 12.0. The number of amides is 2. The highest BCUT2D eigenvalue weighted by molar-refractivity contribution is 5.85. The lowest BCUT2D eigenvalue weighted by molar-refractivity contribution is -0.144. The van der Waals surface area contributed by atoms with Gasteiger partial charge in [-0.05, 0) is 12.8 Å². The first-order valence-corrected chi connectivity index (χ1v) is 6.65. The molecule has 0 fully saturated rings. The van der Waals surface area contributed by atoms with Gasteiger partial charge in [-0.25, -0.2) is 0 Å². The van der Waals surface area contributed by atoms with Gasteiger partial charge in [-0.15, -0.1) is 0 Å². The summed E-state index contributed by atoms with van der Waals surface area (Å²) in [5.41, 5.74) is 0. The Morgan fingerprint density at radius 3 is 1.84 bits per heavy atom. The Morgan fingerprint density at radius 2 is 1.42 bits per heavy atom. The van der Waals surface area contributed by atoms with Gasteiger partial charge in [0.25, 0.3) is 0 Å². The van der Waals surface area contributed by atoms with Crippen molar-refractivity contribution in [3.8, 4) is 0 Å². The third-order valence-corrected chi connectivity index (χ3v) is 2.69. The smallest absolute Gasteiger partial charge is 0.323 e. The van der Waals surface area contributed by atoms with Crippen LogP contribution in [-0.2, 0) is 14.4 Å². The molecule has 0 radical (unpaired) electrons. The first-order chi connectivity index (χ1) is 8.92. The molecule has 2 amide bonds. The molecular formula is C13H24N2O4. The second-order valence-electron chi connectivity index (χ2n) is 4.52. The van der Waals surface area contributed by atoms with Crippen LogP contribution in [0.4, 0.5) is 0 Å². The van der Waals surface area contributed by atoms with Crippen LogP contribution in [0.25, 0.3) is 0 Å². The van der Waals surface area contributed by atoms with Crippen molar-refractivity contribution in [1.29, 1.82) is 0 Å². The fourth-order valence-electron chi connectivity index (χ4n) is 1.75. The summed E-state index contributed by atoms with van der Waals surface area (Å²) in [6.07, 6.45) is 1.98. The van der Waals surface area contributed by atoms with Crippen LogP contribution in [0.15, 0.2) is 0 Å². The highest BCUT2D eigenvalue weighted by Crippen LogP contribution is 2.03. The number of carbonyl (C=O) groups excluding carboxylic acids is 2. The number of hydrogen-bond acceptors (Lipinski definition) is 3. The van der Waals surface area contributed by atoms with E-state index in [0.717, 1.165) is 17.7 Å². The zero-order chi connectivity index (χ0) is 14.8. The summed E-state index contributed by atoms with van der Waals surface area (Å²) in [5, 5.41) is 8.57. The summed E-state index contributed by atoms with van der Waals surface area (Å²) in [4.78, 5) is 36.9. The van der Waals surface area contributed by atoms with E-state index in [1.54, 1.807) is 4.90 Å². The molecule has 0 saturated heterocycles. The molecule has 0 aliphatic rings. The topological polar surface area (TPSA) is 77.9 Å². The van der Waals surface area contributed by atoms with Crippen molar-refractivity contribution in [3.63, 3.8) is 0 Å². The molecule has 0 atom stereocenters. The van der Waals surface area contributed by atoms with Crippen molar-refractivity contribution < 1.29 is 19.5 Å². The van der Waals surface area contributed by atoms with Crippen LogP contribution < -0.4 is 0 Å². The minimum atomic E-state index is -1.05. The van der Waals surface area contributed by atoms with Crippen molar-refractivity contribution >= 4 is 17.8 Å². The van der Waals surface area contributed by atoms with Gasteiger partial charge < -0.3 is 14.9 Å². The molecule has 0 aliphatic carbocycles. The highest BCUT2D eigenvalue weighted by Gasteiger charge is 2.16. The molecule has 6 heteroatoms. The van der Waals surface area contributed by atoms with E-state index in [-0.39, 0.29) is 31.2 Å². The first kappa shape index (κ1) is 17.4. The number of carbonyl (C=O) groups is 3. The Labute approximate surface area is 114 Å². The molecule has 0 aliphatic heterocycles. The highest BCUT2D eigenvalue weighted by atomic mass is 16.4. The van der Waals surface area contributed by atoms with Gasteiger partial charge in [0.05, 0.1) is 0 Å². The predicted molar refractivity (Wildman–Crippen MR) is 71.7 cm³/mol. The lowest BCUT2D eigenvalue weighted by atomic mass is 10.2. The van der Waals surface area contributed by atoms with E-state index in [4.69, 9.17) is 5.11 Å². The van der Waals surface area contributed by atoms with Crippen LogP contribution >= 0.6 is 0 Å². The number of carboxylic acids is 1. The van der Waals surface area contributed by atoms with Crippen LogP contribution in [0, 0.1) is 0 Å². The summed E-state index contributed by atoms with van der Waals surface area (Å²) in [7, 11) is 1.43. The van der Waals surface area contributed by atoms with Gasteiger partial charge >= 0.3 is 5.97 Å². The second kappa shape index (κ2) is 9.35. The summed E-state index contributed by atoms with van der Waals surface area (Å²) in [6, 6.07) is 0. The van der Waals surface area contributed by atoms with Crippen LogP contribution in [0.1, 0.15) is 39.5 Å². The van der Waals surface area contributed by atoms with Crippen molar-refractivity contribution in [2.24, 2.45) is 0 Å². The molecule has 0 spiro atoms. The molecule has 1 N–H and O–H groups in total. The third-order valence-electron chi connectivity index (χ3n) is 2.69. The number of nitrogens with zero attached hydrogens (tertiary/aromatic N) is 2. The van der Waals surface area contributed by atoms with Crippen molar-refractivity contribution in [1.82, 2.24) is 9.80 Å². The molecule has 6 nitrogen and oxygen atoms in total. The van der Waals surface area contributed by atoms with Gasteiger partial charge in [0.1, 0.15) is 6.54 Å². The lowest BCUT2D eigenvalue weighted by Gasteiger charge is -2.22. The average Bonchev–Trinajstić information content (AvgIpc) is 2.34. The van der Waals surface area contributed by atoms with Gasteiger partial charge in [0.15, 0.2) is 0 Å². The maximum absolute atomic E-state index is 11.9. The van der Waals surface area contributed by atoms with E-state index >= 15 is 0 Å². The molecule has 0 rings (SSSR count). The molecule has 0 saturated carbocycles. The molecule has 0 unspecified atom stereocenters. The van der Waals surface area contributed by atoms with Gasteiger partial charge in [0.2, 0.25) is 11.8 Å². The van der Waals surface area contributed by atoms with E-state index < -0.39 is 5.97 Å². The number of rotatable bonds is 9. The van der Waals surface area contributed by atoms with Crippen LogP contribution in [0.2, 0.25) is 0 Å². The van der Waals surface area contributed by atoms with Crippen LogP contribution in [0.5, 0.6) is 0 Å². The SMILES string of the molecule is CCCN(CCC)C(=O)CCC(=O)N(C)CC(=O)O. The number of carboxylic acid groups (broad SMARTS) is 1. The van der Waals surface area contributed by atoms with E-state index in [0.29, 0.717) is 13.1 Å². The summed E-state index contributed by atoms with van der Waals surface area (Å²) in [6.45, 7) is 5.07. The Balaban J connectivity index is 4.18. The Hall–Kier alpha value is -1.59. The van der Waals surface area contributed by atoms with Crippen LogP contribution in [-0.4, -0.2) is 59.4 Å². The Kier molecular flexibility index (Phi) is 8.57. The monoisotopic (exact) mass is 272 g/mol. The molecule has 0 bridgehead atoms. The molecular weight excluding hydrogens is 248 g/mol. The fraction of sp³-hybridized carbons (Fsp3) is 0.769. The zero-order valence-electron chi connectivity index (χ0n) is 12.0. The minimum absolute atomic E-state index is 0.0409. The van der Waals surface area contributed by atoms with E-state index in [1.807, 2.05) is 13.8 Å². The molecule has 110 valence electrons. The molecule has 0 heterocycles. The molecule has 19 heavy (non-hydrogen) atoms. The quantitative estimate of drug-likeness (QED) is 0.678. The van der Waals surface area contributed by atoms with E-state index in [1.165, 1.54) is 7.05 Å². The number of hydrogen-bond donors (Lipinski definition) is 1. The molecule has 0 aromatic heterocycles. The Morgan fingerprint density at radius 1 is 0.947 bits per heavy atom.